The lowest BCUT2D eigenvalue weighted by Crippen LogP contribution is -2.38. The Labute approximate surface area is 171 Å². The molecule has 3 rings (SSSR count). The molecule has 0 radical (unpaired) electrons. The van der Waals surface area contributed by atoms with E-state index in [0.717, 1.165) is 40.7 Å². The third-order valence-corrected chi connectivity index (χ3v) is 5.62. The number of likely N-dealkylation sites (N-methyl/N-ethyl adjacent to an activating group) is 1. The highest BCUT2D eigenvalue weighted by Gasteiger charge is 2.23. The van der Waals surface area contributed by atoms with Gasteiger partial charge in [0.05, 0.1) is 6.04 Å². The summed E-state index contributed by atoms with van der Waals surface area (Å²) in [5, 5.41) is 4.75. The van der Waals surface area contributed by atoms with Crippen LogP contribution in [0.5, 0.6) is 0 Å². The molecule has 0 spiro atoms. The van der Waals surface area contributed by atoms with Crippen molar-refractivity contribution in [2.45, 2.75) is 33.7 Å². The number of benzene rings is 2. The van der Waals surface area contributed by atoms with Crippen molar-refractivity contribution in [3.8, 4) is 0 Å². The zero-order valence-electron chi connectivity index (χ0n) is 16.9. The van der Waals surface area contributed by atoms with Crippen LogP contribution in [-0.2, 0) is 0 Å². The zero-order chi connectivity index (χ0) is 20.3. The van der Waals surface area contributed by atoms with Crippen molar-refractivity contribution in [1.29, 1.82) is 0 Å². The second kappa shape index (κ2) is 8.80. The third-order valence-electron chi connectivity index (χ3n) is 5.27. The van der Waals surface area contributed by atoms with Gasteiger partial charge in [0.25, 0.3) is 5.91 Å². The molecule has 0 bridgehead atoms. The summed E-state index contributed by atoms with van der Waals surface area (Å²) in [6, 6.07) is 13.8. The molecule has 0 saturated carbocycles. The maximum atomic E-state index is 12.9. The highest BCUT2D eigenvalue weighted by Crippen LogP contribution is 2.28. The Morgan fingerprint density at radius 1 is 1.14 bits per heavy atom. The van der Waals surface area contributed by atoms with Crippen molar-refractivity contribution < 1.29 is 9.21 Å². The average molecular weight is 399 g/mol. The predicted octanol–water partition coefficient (Wildman–Crippen LogP) is 5.52. The Hall–Kier alpha value is -2.30. The molecule has 0 aliphatic carbocycles. The second-order valence-corrected chi connectivity index (χ2v) is 7.43. The quantitative estimate of drug-likeness (QED) is 0.570. The number of nitrogens with zero attached hydrogens (tertiary/aromatic N) is 1. The van der Waals surface area contributed by atoms with Gasteiger partial charge in [-0.05, 0) is 50.7 Å². The van der Waals surface area contributed by atoms with E-state index in [1.54, 1.807) is 0 Å². The molecule has 28 heavy (non-hydrogen) atoms. The topological polar surface area (TPSA) is 45.5 Å². The maximum Gasteiger partial charge on any atom is 0.287 e. The number of amides is 1. The van der Waals surface area contributed by atoms with Gasteiger partial charge in [0.1, 0.15) is 5.58 Å². The fourth-order valence-corrected chi connectivity index (χ4v) is 3.93. The molecule has 0 fully saturated rings. The molecule has 0 aliphatic rings. The summed E-state index contributed by atoms with van der Waals surface area (Å²) in [4.78, 5) is 15.2. The van der Waals surface area contributed by atoms with E-state index in [0.29, 0.717) is 17.3 Å². The highest BCUT2D eigenvalue weighted by molar-refractivity contribution is 6.31. The van der Waals surface area contributed by atoms with Crippen molar-refractivity contribution in [2.75, 3.05) is 19.6 Å². The number of fused-ring (bicyclic) bond motifs is 1. The first-order chi connectivity index (χ1) is 13.5. The Bertz CT molecular complexity index is 976. The highest BCUT2D eigenvalue weighted by atomic mass is 35.5. The molecule has 5 heteroatoms. The van der Waals surface area contributed by atoms with E-state index in [2.05, 4.69) is 24.1 Å². The maximum absolute atomic E-state index is 12.9. The lowest BCUT2D eigenvalue weighted by molar-refractivity contribution is 0.0908. The van der Waals surface area contributed by atoms with Crippen LogP contribution in [0.15, 0.2) is 46.9 Å². The van der Waals surface area contributed by atoms with Crippen LogP contribution in [-0.4, -0.2) is 30.4 Å². The number of halogens is 1. The van der Waals surface area contributed by atoms with Crippen LogP contribution in [0.2, 0.25) is 5.02 Å². The van der Waals surface area contributed by atoms with E-state index in [1.807, 2.05) is 56.3 Å². The largest absolute Gasteiger partial charge is 0.451 e. The number of aryl methyl sites for hydroxylation is 2. The standard InChI is InChI=1S/C23H27ClN2O2/c1-5-26(6-2)20(17-9-7-8-10-19(17)24)14-25-23(27)22-16(4)18-13-15(3)11-12-21(18)28-22/h7-13,20H,5-6,14H2,1-4H3,(H,25,27)/t20-/m0/s1. The molecule has 0 unspecified atom stereocenters. The van der Waals surface area contributed by atoms with Gasteiger partial charge in [-0.2, -0.15) is 0 Å². The van der Waals surface area contributed by atoms with Gasteiger partial charge in [0.15, 0.2) is 5.76 Å². The molecule has 3 aromatic rings. The van der Waals surface area contributed by atoms with Gasteiger partial charge in [0, 0.05) is 22.5 Å². The van der Waals surface area contributed by atoms with Crippen molar-refractivity contribution in [2.24, 2.45) is 0 Å². The van der Waals surface area contributed by atoms with Crippen LogP contribution < -0.4 is 5.32 Å². The van der Waals surface area contributed by atoms with Gasteiger partial charge in [0.2, 0.25) is 0 Å². The van der Waals surface area contributed by atoms with Gasteiger partial charge >= 0.3 is 0 Å². The molecule has 1 amide bonds. The van der Waals surface area contributed by atoms with Crippen LogP contribution >= 0.6 is 11.6 Å². The van der Waals surface area contributed by atoms with Gasteiger partial charge in [-0.25, -0.2) is 0 Å². The van der Waals surface area contributed by atoms with Crippen molar-refractivity contribution in [1.82, 2.24) is 10.2 Å². The van der Waals surface area contributed by atoms with Gasteiger partial charge in [-0.1, -0.05) is 55.3 Å². The van der Waals surface area contributed by atoms with Crippen LogP contribution in [0.3, 0.4) is 0 Å². The van der Waals surface area contributed by atoms with Crippen LogP contribution in [0.4, 0.5) is 0 Å². The lowest BCUT2D eigenvalue weighted by atomic mass is 10.0. The molecule has 1 atom stereocenters. The molecule has 148 valence electrons. The summed E-state index contributed by atoms with van der Waals surface area (Å²) in [7, 11) is 0. The molecule has 1 heterocycles. The first kappa shape index (κ1) is 20.4. The molecule has 2 aromatic carbocycles. The Balaban J connectivity index is 1.84. The van der Waals surface area contributed by atoms with Crippen LogP contribution in [0.25, 0.3) is 11.0 Å². The fraction of sp³-hybridized carbons (Fsp3) is 0.348. The molecule has 1 N–H and O–H groups in total. The Kier molecular flexibility index (Phi) is 6.42. The molecule has 0 saturated heterocycles. The molecule has 1 aromatic heterocycles. The van der Waals surface area contributed by atoms with E-state index in [-0.39, 0.29) is 11.9 Å². The van der Waals surface area contributed by atoms with E-state index < -0.39 is 0 Å². The minimum absolute atomic E-state index is 0.000390. The van der Waals surface area contributed by atoms with Crippen LogP contribution in [0, 0.1) is 13.8 Å². The number of rotatable bonds is 7. The number of furan rings is 1. The fourth-order valence-electron chi connectivity index (χ4n) is 3.67. The molecule has 0 aliphatic heterocycles. The third kappa shape index (κ3) is 4.08. The predicted molar refractivity (Wildman–Crippen MR) is 115 cm³/mol. The van der Waals surface area contributed by atoms with E-state index in [9.17, 15) is 4.79 Å². The van der Waals surface area contributed by atoms with Gasteiger partial charge < -0.3 is 9.73 Å². The van der Waals surface area contributed by atoms with Gasteiger partial charge in [-0.3, -0.25) is 9.69 Å². The normalized spacial score (nSPS) is 12.5. The number of hydrogen-bond donors (Lipinski definition) is 1. The summed E-state index contributed by atoms with van der Waals surface area (Å²) >= 11 is 6.44. The Morgan fingerprint density at radius 2 is 1.86 bits per heavy atom. The number of nitrogens with one attached hydrogen (secondary N) is 1. The van der Waals surface area contributed by atoms with E-state index >= 15 is 0 Å². The summed E-state index contributed by atoms with van der Waals surface area (Å²) in [5.74, 6) is 0.175. The number of carbonyl (C=O) groups excluding carboxylic acids is 1. The Morgan fingerprint density at radius 3 is 2.54 bits per heavy atom. The molecular weight excluding hydrogens is 372 g/mol. The summed E-state index contributed by atoms with van der Waals surface area (Å²) < 4.78 is 5.84. The second-order valence-electron chi connectivity index (χ2n) is 7.02. The zero-order valence-corrected chi connectivity index (χ0v) is 17.6. The monoisotopic (exact) mass is 398 g/mol. The van der Waals surface area contributed by atoms with E-state index in [4.69, 9.17) is 16.0 Å². The van der Waals surface area contributed by atoms with E-state index in [1.165, 1.54) is 0 Å². The minimum atomic E-state index is -0.199. The lowest BCUT2D eigenvalue weighted by Gasteiger charge is -2.30. The number of carbonyl (C=O) groups is 1. The van der Waals surface area contributed by atoms with Gasteiger partial charge in [-0.15, -0.1) is 0 Å². The molecular formula is C23H27ClN2O2. The van der Waals surface area contributed by atoms with Crippen molar-refractivity contribution in [3.63, 3.8) is 0 Å². The summed E-state index contributed by atoms with van der Waals surface area (Å²) in [5.41, 5.74) is 3.77. The summed E-state index contributed by atoms with van der Waals surface area (Å²) in [6.45, 7) is 10.4. The minimum Gasteiger partial charge on any atom is -0.451 e. The SMILES string of the molecule is CCN(CC)[C@@H](CNC(=O)c1oc2ccc(C)cc2c1C)c1ccccc1Cl. The average Bonchev–Trinajstić information content (AvgIpc) is 3.02. The number of hydrogen-bond acceptors (Lipinski definition) is 3. The smallest absolute Gasteiger partial charge is 0.287 e. The van der Waals surface area contributed by atoms with Crippen molar-refractivity contribution >= 4 is 28.5 Å². The first-order valence-corrected chi connectivity index (χ1v) is 10.1. The molecule has 4 nitrogen and oxygen atoms in total. The van der Waals surface area contributed by atoms with Crippen LogP contribution in [0.1, 0.15) is 47.1 Å². The first-order valence-electron chi connectivity index (χ1n) is 9.72. The van der Waals surface area contributed by atoms with Crippen molar-refractivity contribution in [3.05, 3.63) is 69.9 Å². The summed E-state index contributed by atoms with van der Waals surface area (Å²) in [6.07, 6.45) is 0.